The zero-order valence-electron chi connectivity index (χ0n) is 13.2. The van der Waals surface area contributed by atoms with Crippen LogP contribution in [-0.4, -0.2) is 41.4 Å². The lowest BCUT2D eigenvalue weighted by molar-refractivity contribution is -0.123. The molecule has 3 atom stereocenters. The van der Waals surface area contributed by atoms with Crippen molar-refractivity contribution in [2.24, 2.45) is 5.92 Å². The van der Waals surface area contributed by atoms with Crippen molar-refractivity contribution in [3.8, 4) is 6.07 Å². The van der Waals surface area contributed by atoms with Gasteiger partial charge in [-0.3, -0.25) is 4.90 Å². The summed E-state index contributed by atoms with van der Waals surface area (Å²) in [6.07, 6.45) is 2.95. The topological polar surface area (TPSA) is 56.5 Å². The molecule has 0 saturated carbocycles. The largest absolute Gasteiger partial charge is 0.390 e. The molecule has 3 rings (SSSR count). The van der Waals surface area contributed by atoms with E-state index in [1.807, 2.05) is 31.2 Å². The average Bonchev–Trinajstić information content (AvgIpc) is 2.95. The summed E-state index contributed by atoms with van der Waals surface area (Å²) in [5.41, 5.74) is 1.17. The normalized spacial score (nSPS) is 32.8. The van der Waals surface area contributed by atoms with Crippen LogP contribution >= 0.6 is 0 Å². The SMILES string of the molecule is C[C@]1(O)CCOC[C@@H]1[C@H]1CCCN1Cc1ccccc1C#N. The van der Waals surface area contributed by atoms with E-state index >= 15 is 0 Å². The van der Waals surface area contributed by atoms with Crippen LogP contribution in [-0.2, 0) is 11.3 Å². The Kier molecular flexibility index (Phi) is 4.49. The van der Waals surface area contributed by atoms with E-state index in [2.05, 4.69) is 11.0 Å². The van der Waals surface area contributed by atoms with Gasteiger partial charge >= 0.3 is 0 Å². The molecule has 2 heterocycles. The van der Waals surface area contributed by atoms with Crippen molar-refractivity contribution in [3.05, 3.63) is 35.4 Å². The lowest BCUT2D eigenvalue weighted by Gasteiger charge is -2.43. The molecule has 118 valence electrons. The van der Waals surface area contributed by atoms with Crippen LogP contribution in [0.3, 0.4) is 0 Å². The van der Waals surface area contributed by atoms with Gasteiger partial charge in [0.15, 0.2) is 0 Å². The molecule has 1 aromatic carbocycles. The summed E-state index contributed by atoms with van der Waals surface area (Å²) in [4.78, 5) is 2.42. The number of benzene rings is 1. The van der Waals surface area contributed by atoms with E-state index < -0.39 is 5.60 Å². The summed E-state index contributed by atoms with van der Waals surface area (Å²) in [5.74, 6) is 0.151. The molecular formula is C18H24N2O2. The zero-order valence-corrected chi connectivity index (χ0v) is 13.2. The molecule has 2 aliphatic rings. The summed E-state index contributed by atoms with van der Waals surface area (Å²) < 4.78 is 5.63. The van der Waals surface area contributed by atoms with Gasteiger partial charge in [0.2, 0.25) is 0 Å². The van der Waals surface area contributed by atoms with E-state index in [9.17, 15) is 10.4 Å². The Morgan fingerprint density at radius 3 is 3.05 bits per heavy atom. The Morgan fingerprint density at radius 1 is 1.45 bits per heavy atom. The molecule has 0 radical (unpaired) electrons. The average molecular weight is 300 g/mol. The predicted molar refractivity (Wildman–Crippen MR) is 84.1 cm³/mol. The lowest BCUT2D eigenvalue weighted by Crippen LogP contribution is -2.52. The van der Waals surface area contributed by atoms with Crippen LogP contribution in [0, 0.1) is 17.2 Å². The van der Waals surface area contributed by atoms with Crippen molar-refractivity contribution in [1.82, 2.24) is 4.90 Å². The van der Waals surface area contributed by atoms with E-state index in [0.29, 0.717) is 25.7 Å². The molecule has 4 nitrogen and oxygen atoms in total. The fourth-order valence-electron chi connectivity index (χ4n) is 3.87. The van der Waals surface area contributed by atoms with Gasteiger partial charge in [0.05, 0.1) is 23.8 Å². The third-order valence-corrected chi connectivity index (χ3v) is 5.24. The third kappa shape index (κ3) is 3.03. The van der Waals surface area contributed by atoms with Crippen molar-refractivity contribution in [2.75, 3.05) is 19.8 Å². The second-order valence-corrected chi connectivity index (χ2v) is 6.74. The number of likely N-dealkylation sites (tertiary alicyclic amines) is 1. The maximum Gasteiger partial charge on any atom is 0.0995 e. The Bertz CT molecular complexity index is 564. The molecule has 2 fully saturated rings. The molecule has 4 heteroatoms. The highest BCUT2D eigenvalue weighted by atomic mass is 16.5. The monoisotopic (exact) mass is 300 g/mol. The third-order valence-electron chi connectivity index (χ3n) is 5.24. The molecule has 0 bridgehead atoms. The van der Waals surface area contributed by atoms with Crippen LogP contribution in [0.5, 0.6) is 0 Å². The van der Waals surface area contributed by atoms with Gasteiger partial charge in [-0.15, -0.1) is 0 Å². The second kappa shape index (κ2) is 6.37. The van der Waals surface area contributed by atoms with Crippen molar-refractivity contribution in [2.45, 2.75) is 44.4 Å². The number of hydrogen-bond acceptors (Lipinski definition) is 4. The molecule has 1 aromatic rings. The molecule has 0 aliphatic carbocycles. The molecular weight excluding hydrogens is 276 g/mol. The van der Waals surface area contributed by atoms with Crippen LogP contribution in [0.4, 0.5) is 0 Å². The van der Waals surface area contributed by atoms with E-state index in [1.165, 1.54) is 0 Å². The number of aliphatic hydroxyl groups is 1. The molecule has 22 heavy (non-hydrogen) atoms. The van der Waals surface area contributed by atoms with E-state index in [-0.39, 0.29) is 5.92 Å². The zero-order chi connectivity index (χ0) is 15.6. The molecule has 0 spiro atoms. The second-order valence-electron chi connectivity index (χ2n) is 6.74. The predicted octanol–water partition coefficient (Wildman–Crippen LogP) is 2.31. The number of hydrogen-bond donors (Lipinski definition) is 1. The fraction of sp³-hybridized carbons (Fsp3) is 0.611. The van der Waals surface area contributed by atoms with Crippen LogP contribution in [0.25, 0.3) is 0 Å². The van der Waals surface area contributed by atoms with Gasteiger partial charge in [-0.05, 0) is 44.4 Å². The maximum absolute atomic E-state index is 10.7. The summed E-state index contributed by atoms with van der Waals surface area (Å²) in [6, 6.07) is 10.4. The lowest BCUT2D eigenvalue weighted by atomic mass is 9.79. The maximum atomic E-state index is 10.7. The molecule has 0 unspecified atom stereocenters. The highest BCUT2D eigenvalue weighted by molar-refractivity contribution is 5.37. The first kappa shape index (κ1) is 15.5. The molecule has 2 aliphatic heterocycles. The summed E-state index contributed by atoms with van der Waals surface area (Å²) in [6.45, 7) is 5.03. The summed E-state index contributed by atoms with van der Waals surface area (Å²) in [5, 5.41) is 20.0. The first-order valence-electron chi connectivity index (χ1n) is 8.14. The quantitative estimate of drug-likeness (QED) is 0.930. The van der Waals surface area contributed by atoms with Crippen LogP contribution in [0.15, 0.2) is 24.3 Å². The van der Waals surface area contributed by atoms with Gasteiger partial charge < -0.3 is 9.84 Å². The van der Waals surface area contributed by atoms with Crippen molar-refractivity contribution in [1.29, 1.82) is 5.26 Å². The van der Waals surface area contributed by atoms with Crippen LogP contribution < -0.4 is 0 Å². The van der Waals surface area contributed by atoms with E-state index in [0.717, 1.165) is 37.1 Å². The number of nitrogens with zero attached hydrogens (tertiary/aromatic N) is 2. The first-order valence-corrected chi connectivity index (χ1v) is 8.14. The minimum atomic E-state index is -0.653. The van der Waals surface area contributed by atoms with Crippen molar-refractivity contribution >= 4 is 0 Å². The van der Waals surface area contributed by atoms with Crippen LogP contribution in [0.2, 0.25) is 0 Å². The van der Waals surface area contributed by atoms with Gasteiger partial charge in [-0.1, -0.05) is 18.2 Å². The highest BCUT2D eigenvalue weighted by Crippen LogP contribution is 2.36. The van der Waals surface area contributed by atoms with Gasteiger partial charge in [0.1, 0.15) is 0 Å². The summed E-state index contributed by atoms with van der Waals surface area (Å²) in [7, 11) is 0. The fourth-order valence-corrected chi connectivity index (χ4v) is 3.87. The minimum absolute atomic E-state index is 0.151. The van der Waals surface area contributed by atoms with Gasteiger partial charge in [0, 0.05) is 25.1 Å². The van der Waals surface area contributed by atoms with Crippen LogP contribution in [0.1, 0.15) is 37.3 Å². The van der Waals surface area contributed by atoms with E-state index in [1.54, 1.807) is 0 Å². The Hall–Kier alpha value is -1.41. The van der Waals surface area contributed by atoms with E-state index in [4.69, 9.17) is 4.74 Å². The molecule has 0 amide bonds. The standard InChI is InChI=1S/C18H24N2O2/c1-18(21)8-10-22-13-16(18)17-7-4-9-20(17)12-15-6-3-2-5-14(15)11-19/h2-3,5-6,16-17,21H,4,7-10,12-13H2,1H3/t16-,17-,18+/m1/s1. The number of ether oxygens (including phenoxy) is 1. The Balaban J connectivity index is 1.77. The Labute approximate surface area is 132 Å². The Morgan fingerprint density at radius 2 is 2.27 bits per heavy atom. The molecule has 1 N–H and O–H groups in total. The molecule has 0 aromatic heterocycles. The first-order chi connectivity index (χ1) is 10.6. The smallest absolute Gasteiger partial charge is 0.0995 e. The van der Waals surface area contributed by atoms with Crippen molar-refractivity contribution < 1.29 is 9.84 Å². The highest BCUT2D eigenvalue weighted by Gasteiger charge is 2.44. The van der Waals surface area contributed by atoms with Gasteiger partial charge in [0.25, 0.3) is 0 Å². The van der Waals surface area contributed by atoms with Crippen molar-refractivity contribution in [3.63, 3.8) is 0 Å². The van der Waals surface area contributed by atoms with Gasteiger partial charge in [-0.2, -0.15) is 5.26 Å². The molecule has 2 saturated heterocycles. The number of nitriles is 1. The summed E-state index contributed by atoms with van der Waals surface area (Å²) >= 11 is 0. The van der Waals surface area contributed by atoms with Gasteiger partial charge in [-0.25, -0.2) is 0 Å². The minimum Gasteiger partial charge on any atom is -0.390 e. The number of rotatable bonds is 3.